The number of nitriles is 1. The number of hydrogen-bond acceptors (Lipinski definition) is 5. The fraction of sp³-hybridized carbons (Fsp3) is 0.452. The first-order chi connectivity index (χ1) is 17.1. The Hall–Kier alpha value is -3.23. The van der Waals surface area contributed by atoms with Crippen molar-refractivity contribution in [2.24, 2.45) is 27.6 Å². The van der Waals surface area contributed by atoms with Crippen LogP contribution in [-0.4, -0.2) is 18.5 Å². The number of rotatable bonds is 13. The standard InChI is InChI=1S/C31H44N4O/c1-10-21(5)24(8)16-30(35-25(9)22(6)11-2)36-29-17-27(19-33)14-15-28(29)31(23(7)12-3)34-20-26(13-4)18-32/h13-17,20-22H,8,10-12,18,32H2,1-7,9H3/b26-13-,30-16+,31-23-,34-20-,35-25-. The molecule has 0 heterocycles. The van der Waals surface area contributed by atoms with E-state index >= 15 is 0 Å². The van der Waals surface area contributed by atoms with Gasteiger partial charge in [-0.15, -0.1) is 0 Å². The first kappa shape index (κ1) is 30.8. The summed E-state index contributed by atoms with van der Waals surface area (Å²) in [7, 11) is 0. The Kier molecular flexibility index (Phi) is 13.4. The largest absolute Gasteiger partial charge is 0.438 e. The van der Waals surface area contributed by atoms with Crippen molar-refractivity contribution < 1.29 is 4.74 Å². The number of allylic oxidation sites excluding steroid dienone is 4. The summed E-state index contributed by atoms with van der Waals surface area (Å²) in [6, 6.07) is 7.65. The molecule has 5 heteroatoms. The molecule has 2 atom stereocenters. The second kappa shape index (κ2) is 15.7. The Balaban J connectivity index is 3.78. The van der Waals surface area contributed by atoms with Gasteiger partial charge in [0, 0.05) is 30.1 Å². The van der Waals surface area contributed by atoms with Gasteiger partial charge >= 0.3 is 0 Å². The molecule has 36 heavy (non-hydrogen) atoms. The van der Waals surface area contributed by atoms with Crippen molar-refractivity contribution in [2.75, 3.05) is 6.54 Å². The van der Waals surface area contributed by atoms with E-state index < -0.39 is 0 Å². The zero-order valence-corrected chi connectivity index (χ0v) is 23.5. The van der Waals surface area contributed by atoms with Crippen LogP contribution in [0.15, 0.2) is 69.5 Å². The molecule has 1 aromatic carbocycles. The fourth-order valence-electron chi connectivity index (χ4n) is 3.18. The Morgan fingerprint density at radius 2 is 1.83 bits per heavy atom. The lowest BCUT2D eigenvalue weighted by atomic mass is 10.00. The average molecular weight is 489 g/mol. The van der Waals surface area contributed by atoms with E-state index in [-0.39, 0.29) is 0 Å². The summed E-state index contributed by atoms with van der Waals surface area (Å²) < 4.78 is 6.47. The maximum Gasteiger partial charge on any atom is 0.219 e. The second-order valence-corrected chi connectivity index (χ2v) is 9.16. The minimum absolute atomic E-state index is 0.297. The molecule has 0 aliphatic carbocycles. The maximum atomic E-state index is 9.60. The van der Waals surface area contributed by atoms with Crippen LogP contribution < -0.4 is 10.5 Å². The number of benzene rings is 1. The first-order valence-electron chi connectivity index (χ1n) is 12.9. The van der Waals surface area contributed by atoms with Crippen molar-refractivity contribution in [3.63, 3.8) is 0 Å². The summed E-state index contributed by atoms with van der Waals surface area (Å²) in [4.78, 5) is 9.66. The van der Waals surface area contributed by atoms with Gasteiger partial charge < -0.3 is 10.5 Å². The summed E-state index contributed by atoms with van der Waals surface area (Å²) in [5.74, 6) is 1.61. The summed E-state index contributed by atoms with van der Waals surface area (Å²) in [6.45, 7) is 21.3. The van der Waals surface area contributed by atoms with Crippen molar-refractivity contribution in [3.8, 4) is 11.8 Å². The van der Waals surface area contributed by atoms with Crippen LogP contribution in [0.2, 0.25) is 0 Å². The SMILES string of the molecule is C=C(/C=C(\N=C(\C)C(C)CC)Oc1cc(C#N)ccc1C(/N=C\C(=C/C)CN)=C(\C)CC)C(C)CC. The number of nitrogens with two attached hydrogens (primary N) is 1. The molecule has 0 fully saturated rings. The van der Waals surface area contributed by atoms with Crippen LogP contribution in [0, 0.1) is 23.2 Å². The van der Waals surface area contributed by atoms with Gasteiger partial charge in [-0.1, -0.05) is 47.3 Å². The van der Waals surface area contributed by atoms with Gasteiger partial charge in [-0.05, 0) is 86.8 Å². The lowest BCUT2D eigenvalue weighted by Gasteiger charge is -2.17. The predicted octanol–water partition coefficient (Wildman–Crippen LogP) is 8.00. The highest BCUT2D eigenvalue weighted by molar-refractivity contribution is 5.87. The quantitative estimate of drug-likeness (QED) is 0.173. The third-order valence-electron chi connectivity index (χ3n) is 6.65. The zero-order valence-electron chi connectivity index (χ0n) is 23.5. The number of hydrogen-bond donors (Lipinski definition) is 1. The fourth-order valence-corrected chi connectivity index (χ4v) is 3.18. The van der Waals surface area contributed by atoms with Crippen LogP contribution in [0.1, 0.15) is 85.8 Å². The van der Waals surface area contributed by atoms with Gasteiger partial charge in [-0.3, -0.25) is 4.99 Å². The molecule has 0 saturated carbocycles. The van der Waals surface area contributed by atoms with E-state index in [1.54, 1.807) is 18.3 Å². The molecule has 0 aliphatic rings. The molecule has 194 valence electrons. The molecule has 0 radical (unpaired) electrons. The monoisotopic (exact) mass is 488 g/mol. The van der Waals surface area contributed by atoms with Gasteiger partial charge in [0.25, 0.3) is 0 Å². The summed E-state index contributed by atoms with van der Waals surface area (Å²) in [5, 5.41) is 9.60. The van der Waals surface area contributed by atoms with Crippen LogP contribution in [0.3, 0.4) is 0 Å². The maximum absolute atomic E-state index is 9.60. The molecule has 1 rings (SSSR count). The van der Waals surface area contributed by atoms with Gasteiger partial charge in [0.15, 0.2) is 0 Å². The van der Waals surface area contributed by atoms with Crippen molar-refractivity contribution in [1.82, 2.24) is 0 Å². The van der Waals surface area contributed by atoms with Crippen molar-refractivity contribution in [2.45, 2.75) is 74.7 Å². The average Bonchev–Trinajstić information content (AvgIpc) is 2.89. The lowest BCUT2D eigenvalue weighted by Crippen LogP contribution is -2.09. The topological polar surface area (TPSA) is 83.8 Å². The van der Waals surface area contributed by atoms with Crippen molar-refractivity contribution >= 4 is 17.6 Å². The molecule has 1 aromatic rings. The van der Waals surface area contributed by atoms with E-state index in [9.17, 15) is 5.26 Å². The molecule has 0 amide bonds. The van der Waals surface area contributed by atoms with Crippen LogP contribution in [0.5, 0.6) is 5.75 Å². The molecule has 0 aliphatic heterocycles. The molecule has 2 unspecified atom stereocenters. The summed E-state index contributed by atoms with van der Waals surface area (Å²) in [6.07, 6.45) is 8.43. The van der Waals surface area contributed by atoms with Crippen LogP contribution >= 0.6 is 0 Å². The zero-order chi connectivity index (χ0) is 27.3. The summed E-state index contributed by atoms with van der Waals surface area (Å²) in [5.41, 5.74) is 11.9. The molecule has 2 N–H and O–H groups in total. The Morgan fingerprint density at radius 1 is 1.17 bits per heavy atom. The van der Waals surface area contributed by atoms with E-state index in [2.05, 4.69) is 54.2 Å². The summed E-state index contributed by atoms with van der Waals surface area (Å²) >= 11 is 0. The minimum atomic E-state index is 0.297. The molecule has 0 aromatic heterocycles. The van der Waals surface area contributed by atoms with Crippen LogP contribution in [-0.2, 0) is 0 Å². The normalized spacial score (nSPS) is 15.4. The highest BCUT2D eigenvalue weighted by atomic mass is 16.5. The van der Waals surface area contributed by atoms with E-state index in [4.69, 9.17) is 20.5 Å². The number of ether oxygens (including phenoxy) is 1. The predicted molar refractivity (Wildman–Crippen MR) is 155 cm³/mol. The van der Waals surface area contributed by atoms with Crippen LogP contribution in [0.25, 0.3) is 5.70 Å². The smallest absolute Gasteiger partial charge is 0.219 e. The Bertz CT molecular complexity index is 1100. The molecule has 0 saturated heterocycles. The molecular weight excluding hydrogens is 444 g/mol. The lowest BCUT2D eigenvalue weighted by molar-refractivity contribution is 0.417. The molecular formula is C31H44N4O. The highest BCUT2D eigenvalue weighted by Crippen LogP contribution is 2.33. The highest BCUT2D eigenvalue weighted by Gasteiger charge is 2.16. The van der Waals surface area contributed by atoms with E-state index in [0.717, 1.165) is 53.0 Å². The minimum Gasteiger partial charge on any atom is -0.438 e. The van der Waals surface area contributed by atoms with Gasteiger partial charge in [0.1, 0.15) is 5.75 Å². The third kappa shape index (κ3) is 9.09. The second-order valence-electron chi connectivity index (χ2n) is 9.16. The molecule has 0 spiro atoms. The van der Waals surface area contributed by atoms with E-state index in [1.807, 2.05) is 32.1 Å². The van der Waals surface area contributed by atoms with E-state index in [1.165, 1.54) is 0 Å². The number of aliphatic imine (C=N–C) groups is 2. The molecule has 0 bridgehead atoms. The van der Waals surface area contributed by atoms with Gasteiger partial charge in [-0.2, -0.15) is 5.26 Å². The van der Waals surface area contributed by atoms with Gasteiger partial charge in [-0.25, -0.2) is 4.99 Å². The van der Waals surface area contributed by atoms with Crippen molar-refractivity contribution in [1.29, 1.82) is 5.26 Å². The molecule has 5 nitrogen and oxygen atoms in total. The van der Waals surface area contributed by atoms with Gasteiger partial charge in [0.2, 0.25) is 5.88 Å². The first-order valence-corrected chi connectivity index (χ1v) is 12.9. The Morgan fingerprint density at radius 3 is 2.36 bits per heavy atom. The van der Waals surface area contributed by atoms with Crippen LogP contribution in [0.4, 0.5) is 0 Å². The van der Waals surface area contributed by atoms with Crippen molar-refractivity contribution in [3.05, 3.63) is 70.7 Å². The number of nitrogens with zero attached hydrogens (tertiary/aromatic N) is 3. The third-order valence-corrected chi connectivity index (χ3v) is 6.65. The van der Waals surface area contributed by atoms with Gasteiger partial charge in [0.05, 0.1) is 17.3 Å². The van der Waals surface area contributed by atoms with E-state index in [0.29, 0.717) is 35.6 Å². The Labute approximate surface area is 218 Å².